The second kappa shape index (κ2) is 3.65. The number of hydrogen-bond donors (Lipinski definition) is 0. The van der Waals surface area contributed by atoms with E-state index in [1.54, 1.807) is 6.08 Å². The summed E-state index contributed by atoms with van der Waals surface area (Å²) < 4.78 is 4.46. The fraction of sp³-hybridized carbons (Fsp3) is 0. The SMILES string of the molecule is O=C1C=CC(=NCl)C(Br)=C1Br. The first-order valence-electron chi connectivity index (χ1n) is 2.64. The fourth-order valence-corrected chi connectivity index (χ4v) is 1.58. The van der Waals surface area contributed by atoms with Crippen molar-refractivity contribution in [1.82, 2.24) is 0 Å². The van der Waals surface area contributed by atoms with Gasteiger partial charge in [0.15, 0.2) is 5.78 Å². The molecule has 0 amide bonds. The van der Waals surface area contributed by atoms with Crippen LogP contribution < -0.4 is 0 Å². The van der Waals surface area contributed by atoms with E-state index in [-0.39, 0.29) is 5.78 Å². The van der Waals surface area contributed by atoms with Crippen LogP contribution in [0.3, 0.4) is 0 Å². The van der Waals surface area contributed by atoms with Crippen LogP contribution in [0.5, 0.6) is 0 Å². The van der Waals surface area contributed by atoms with Gasteiger partial charge in [0.1, 0.15) is 0 Å². The highest BCUT2D eigenvalue weighted by molar-refractivity contribution is 9.14. The highest BCUT2D eigenvalue weighted by Gasteiger charge is 2.16. The zero-order valence-electron chi connectivity index (χ0n) is 5.14. The standard InChI is InChI=1S/C6H2Br2ClNO/c7-5-3(10-9)1-2-4(11)6(5)8/h1-2H. The zero-order chi connectivity index (χ0) is 8.43. The number of allylic oxidation sites excluding steroid dienone is 4. The Kier molecular flexibility index (Phi) is 3.04. The van der Waals surface area contributed by atoms with E-state index in [0.29, 0.717) is 14.7 Å². The molecule has 1 aliphatic rings. The van der Waals surface area contributed by atoms with Gasteiger partial charge in [0.05, 0.1) is 14.7 Å². The maximum absolute atomic E-state index is 10.9. The Morgan fingerprint density at radius 2 is 1.91 bits per heavy atom. The lowest BCUT2D eigenvalue weighted by Gasteiger charge is -2.04. The van der Waals surface area contributed by atoms with Crippen LogP contribution in [-0.2, 0) is 4.79 Å². The number of ketones is 1. The van der Waals surface area contributed by atoms with Crippen molar-refractivity contribution in [2.75, 3.05) is 0 Å². The zero-order valence-corrected chi connectivity index (χ0v) is 9.07. The lowest BCUT2D eigenvalue weighted by molar-refractivity contribution is -0.110. The predicted octanol–water partition coefficient (Wildman–Crippen LogP) is 2.72. The van der Waals surface area contributed by atoms with Gasteiger partial charge < -0.3 is 0 Å². The molecule has 0 aromatic heterocycles. The summed E-state index contributed by atoms with van der Waals surface area (Å²) in [6.45, 7) is 0. The highest BCUT2D eigenvalue weighted by Crippen LogP contribution is 2.25. The molecule has 0 radical (unpaired) electrons. The van der Waals surface area contributed by atoms with E-state index in [4.69, 9.17) is 11.8 Å². The van der Waals surface area contributed by atoms with Crippen molar-refractivity contribution in [2.24, 2.45) is 4.51 Å². The average molecular weight is 299 g/mol. The third kappa shape index (κ3) is 1.80. The molecule has 0 heterocycles. The summed E-state index contributed by atoms with van der Waals surface area (Å²) in [5, 5.41) is 0. The molecule has 0 bridgehead atoms. The molecule has 0 atom stereocenters. The third-order valence-electron chi connectivity index (χ3n) is 1.12. The number of nitrogens with zero attached hydrogens (tertiary/aromatic N) is 1. The Morgan fingerprint density at radius 3 is 2.45 bits per heavy atom. The first-order chi connectivity index (χ1) is 5.16. The van der Waals surface area contributed by atoms with E-state index in [0.717, 1.165) is 0 Å². The molecule has 1 rings (SSSR count). The predicted molar refractivity (Wildman–Crippen MR) is 52.3 cm³/mol. The molecule has 5 heteroatoms. The minimum atomic E-state index is -0.0964. The van der Waals surface area contributed by atoms with Crippen molar-refractivity contribution in [1.29, 1.82) is 0 Å². The molecule has 1 aliphatic carbocycles. The first kappa shape index (κ1) is 9.16. The summed E-state index contributed by atoms with van der Waals surface area (Å²) in [5.41, 5.74) is 0.540. The molecule has 0 fully saturated rings. The van der Waals surface area contributed by atoms with Gasteiger partial charge in [-0.2, -0.15) is 4.51 Å². The van der Waals surface area contributed by atoms with Crippen LogP contribution >= 0.6 is 43.6 Å². The number of carbonyl (C=O) groups excluding carboxylic acids is 1. The summed E-state index contributed by atoms with van der Waals surface area (Å²) in [5.74, 6) is -0.0964. The molecule has 0 aromatic rings. The van der Waals surface area contributed by atoms with Crippen LogP contribution in [-0.4, -0.2) is 11.5 Å². The number of hydrogen-bond acceptors (Lipinski definition) is 2. The maximum Gasteiger partial charge on any atom is 0.194 e. The molecular formula is C6H2Br2ClNO. The summed E-state index contributed by atoms with van der Waals surface area (Å²) in [6, 6.07) is 0. The highest BCUT2D eigenvalue weighted by atomic mass is 79.9. The molecule has 58 valence electrons. The molecule has 0 aromatic carbocycles. The van der Waals surface area contributed by atoms with Crippen molar-refractivity contribution < 1.29 is 4.79 Å². The van der Waals surface area contributed by atoms with Gasteiger partial charge in [0.25, 0.3) is 0 Å². The Balaban J connectivity index is 3.14. The monoisotopic (exact) mass is 297 g/mol. The minimum Gasteiger partial charge on any atom is -0.289 e. The van der Waals surface area contributed by atoms with Gasteiger partial charge in [-0.1, -0.05) is 0 Å². The molecule has 0 N–H and O–H groups in total. The average Bonchev–Trinajstić information content (AvgIpc) is 2.01. The molecule has 0 aliphatic heterocycles. The van der Waals surface area contributed by atoms with E-state index in [9.17, 15) is 4.79 Å². The molecule has 0 saturated heterocycles. The molecular weight excluding hydrogens is 297 g/mol. The van der Waals surface area contributed by atoms with Crippen LogP contribution in [0, 0.1) is 0 Å². The van der Waals surface area contributed by atoms with Crippen LogP contribution in [0.2, 0.25) is 0 Å². The van der Waals surface area contributed by atoms with E-state index in [1.165, 1.54) is 6.08 Å². The molecule has 11 heavy (non-hydrogen) atoms. The van der Waals surface area contributed by atoms with Gasteiger partial charge in [-0.15, -0.1) is 0 Å². The Morgan fingerprint density at radius 1 is 1.27 bits per heavy atom. The van der Waals surface area contributed by atoms with Crippen LogP contribution in [0.4, 0.5) is 0 Å². The smallest absolute Gasteiger partial charge is 0.194 e. The van der Waals surface area contributed by atoms with Gasteiger partial charge in [-0.25, -0.2) is 0 Å². The third-order valence-corrected chi connectivity index (χ3v) is 3.42. The first-order valence-corrected chi connectivity index (χ1v) is 4.56. The van der Waals surface area contributed by atoms with Crippen LogP contribution in [0.1, 0.15) is 0 Å². The minimum absolute atomic E-state index is 0.0964. The van der Waals surface area contributed by atoms with Crippen molar-refractivity contribution in [3.05, 3.63) is 21.1 Å². The fourth-order valence-electron chi connectivity index (χ4n) is 0.587. The Labute approximate surface area is 85.4 Å². The number of carbonyl (C=O) groups is 1. The van der Waals surface area contributed by atoms with Crippen molar-refractivity contribution in [3.8, 4) is 0 Å². The normalized spacial score (nSPS) is 21.7. The second-order valence-corrected chi connectivity index (χ2v) is 3.55. The van der Waals surface area contributed by atoms with Gasteiger partial charge >= 0.3 is 0 Å². The summed E-state index contributed by atoms with van der Waals surface area (Å²) in [6.07, 6.45) is 2.94. The van der Waals surface area contributed by atoms with Gasteiger partial charge in [-0.3, -0.25) is 4.79 Å². The molecule has 0 unspecified atom stereocenters. The number of rotatable bonds is 0. The summed E-state index contributed by atoms with van der Waals surface area (Å²) >= 11 is 11.5. The Bertz CT molecular complexity index is 293. The lowest BCUT2D eigenvalue weighted by Crippen LogP contribution is -2.06. The largest absolute Gasteiger partial charge is 0.289 e. The lowest BCUT2D eigenvalue weighted by atomic mass is 10.2. The van der Waals surface area contributed by atoms with Crippen molar-refractivity contribution in [2.45, 2.75) is 0 Å². The summed E-state index contributed by atoms with van der Waals surface area (Å²) in [7, 11) is 0. The topological polar surface area (TPSA) is 29.4 Å². The summed E-state index contributed by atoms with van der Waals surface area (Å²) in [4.78, 5) is 10.9. The number of halogens is 3. The molecule has 0 spiro atoms. The quantitative estimate of drug-likeness (QED) is 0.632. The van der Waals surface area contributed by atoms with E-state index in [2.05, 4.69) is 36.4 Å². The van der Waals surface area contributed by atoms with Gasteiger partial charge in [-0.05, 0) is 44.0 Å². The van der Waals surface area contributed by atoms with Crippen molar-refractivity contribution in [3.63, 3.8) is 0 Å². The van der Waals surface area contributed by atoms with E-state index in [1.807, 2.05) is 0 Å². The molecule has 0 saturated carbocycles. The van der Waals surface area contributed by atoms with Crippen LogP contribution in [0.25, 0.3) is 0 Å². The van der Waals surface area contributed by atoms with E-state index < -0.39 is 0 Å². The van der Waals surface area contributed by atoms with Crippen molar-refractivity contribution >= 4 is 55.1 Å². The van der Waals surface area contributed by atoms with Gasteiger partial charge in [0, 0.05) is 11.8 Å². The van der Waals surface area contributed by atoms with E-state index >= 15 is 0 Å². The maximum atomic E-state index is 10.9. The Hall–Kier alpha value is 0.0700. The van der Waals surface area contributed by atoms with Crippen LogP contribution in [0.15, 0.2) is 25.6 Å². The molecule has 2 nitrogen and oxygen atoms in total. The van der Waals surface area contributed by atoms with Gasteiger partial charge in [0.2, 0.25) is 0 Å². The second-order valence-electron chi connectivity index (χ2n) is 1.80.